The molecule has 1 saturated carbocycles. The Morgan fingerprint density at radius 2 is 2.33 bits per heavy atom. The van der Waals surface area contributed by atoms with Gasteiger partial charge < -0.3 is 10.2 Å². The normalized spacial score (nSPS) is 28.5. The van der Waals surface area contributed by atoms with Gasteiger partial charge in [0.2, 0.25) is 5.91 Å². The summed E-state index contributed by atoms with van der Waals surface area (Å²) < 4.78 is 1.10. The topological polar surface area (TPSA) is 32.3 Å². The van der Waals surface area contributed by atoms with E-state index >= 15 is 0 Å². The van der Waals surface area contributed by atoms with Crippen molar-refractivity contribution in [1.82, 2.24) is 10.2 Å². The number of rotatable bonds is 4. The van der Waals surface area contributed by atoms with Gasteiger partial charge in [-0.1, -0.05) is 28.1 Å². The molecule has 1 aliphatic heterocycles. The summed E-state index contributed by atoms with van der Waals surface area (Å²) in [4.78, 5) is 14.8. The van der Waals surface area contributed by atoms with Crippen molar-refractivity contribution >= 4 is 21.8 Å². The Morgan fingerprint density at radius 1 is 1.48 bits per heavy atom. The van der Waals surface area contributed by atoms with Gasteiger partial charge in [-0.2, -0.15) is 0 Å². The Hall–Kier alpha value is -0.870. The number of nitrogens with one attached hydrogen (secondary N) is 1. The second-order valence-corrected chi connectivity index (χ2v) is 7.27. The van der Waals surface area contributed by atoms with Crippen molar-refractivity contribution in [2.75, 3.05) is 26.7 Å². The monoisotopic (exact) mass is 350 g/mol. The molecule has 2 aliphatic rings. The van der Waals surface area contributed by atoms with Crippen LogP contribution in [0.4, 0.5) is 0 Å². The quantitative estimate of drug-likeness (QED) is 0.905. The molecule has 114 valence electrons. The first-order valence-corrected chi connectivity index (χ1v) is 8.67. The van der Waals surface area contributed by atoms with Crippen LogP contribution in [-0.2, 0) is 4.79 Å². The molecule has 2 fully saturated rings. The number of amides is 1. The van der Waals surface area contributed by atoms with Crippen molar-refractivity contribution in [3.8, 4) is 0 Å². The van der Waals surface area contributed by atoms with E-state index in [9.17, 15) is 4.79 Å². The molecule has 0 radical (unpaired) electrons. The summed E-state index contributed by atoms with van der Waals surface area (Å²) in [5, 5.41) is 3.24. The maximum absolute atomic E-state index is 12.7. The SMILES string of the molecule is CNCC1CCCN(C(=O)C2CC2c2cccc(Br)c2)C1. The minimum Gasteiger partial charge on any atom is -0.342 e. The van der Waals surface area contributed by atoms with Crippen LogP contribution in [0, 0.1) is 11.8 Å². The summed E-state index contributed by atoms with van der Waals surface area (Å²) in [5.74, 6) is 1.64. The molecule has 1 saturated heterocycles. The Bertz CT molecular complexity index is 517. The highest BCUT2D eigenvalue weighted by Gasteiger charge is 2.46. The average molecular weight is 351 g/mol. The highest BCUT2D eigenvalue weighted by molar-refractivity contribution is 9.10. The second kappa shape index (κ2) is 6.49. The fourth-order valence-electron chi connectivity index (χ4n) is 3.53. The first-order valence-electron chi connectivity index (χ1n) is 7.88. The zero-order chi connectivity index (χ0) is 14.8. The number of likely N-dealkylation sites (tertiary alicyclic amines) is 1. The maximum Gasteiger partial charge on any atom is 0.226 e. The Kier molecular flexibility index (Phi) is 4.65. The number of hydrogen-bond acceptors (Lipinski definition) is 2. The zero-order valence-electron chi connectivity index (χ0n) is 12.5. The van der Waals surface area contributed by atoms with Crippen LogP contribution in [0.15, 0.2) is 28.7 Å². The van der Waals surface area contributed by atoms with E-state index in [2.05, 4.69) is 44.3 Å². The minimum absolute atomic E-state index is 0.215. The average Bonchev–Trinajstić information content (AvgIpc) is 3.28. The van der Waals surface area contributed by atoms with Gasteiger partial charge in [0.25, 0.3) is 0 Å². The fourth-order valence-corrected chi connectivity index (χ4v) is 3.95. The maximum atomic E-state index is 12.7. The molecule has 3 unspecified atom stereocenters. The number of benzene rings is 1. The second-order valence-electron chi connectivity index (χ2n) is 6.35. The first-order chi connectivity index (χ1) is 10.2. The van der Waals surface area contributed by atoms with Gasteiger partial charge in [-0.25, -0.2) is 0 Å². The van der Waals surface area contributed by atoms with Gasteiger partial charge in [-0.15, -0.1) is 0 Å². The third kappa shape index (κ3) is 3.49. The van der Waals surface area contributed by atoms with Crippen LogP contribution in [0.1, 0.15) is 30.7 Å². The smallest absolute Gasteiger partial charge is 0.226 e. The van der Waals surface area contributed by atoms with Crippen LogP contribution >= 0.6 is 15.9 Å². The number of hydrogen-bond donors (Lipinski definition) is 1. The van der Waals surface area contributed by atoms with E-state index in [-0.39, 0.29) is 5.92 Å². The predicted octanol–water partition coefficient (Wildman–Crippen LogP) is 3.01. The number of piperidine rings is 1. The number of carbonyl (C=O) groups is 1. The molecule has 1 aromatic carbocycles. The van der Waals surface area contributed by atoms with Gasteiger partial charge in [-0.3, -0.25) is 4.79 Å². The molecular formula is C17H23BrN2O. The number of nitrogens with zero attached hydrogens (tertiary/aromatic N) is 1. The van der Waals surface area contributed by atoms with Crippen LogP contribution in [-0.4, -0.2) is 37.5 Å². The molecule has 4 heteroatoms. The van der Waals surface area contributed by atoms with Crippen molar-refractivity contribution in [2.24, 2.45) is 11.8 Å². The lowest BCUT2D eigenvalue weighted by molar-refractivity contribution is -0.134. The Balaban J connectivity index is 1.59. The molecule has 0 spiro atoms. The highest BCUT2D eigenvalue weighted by atomic mass is 79.9. The zero-order valence-corrected chi connectivity index (χ0v) is 14.1. The van der Waals surface area contributed by atoms with Crippen LogP contribution in [0.5, 0.6) is 0 Å². The summed E-state index contributed by atoms with van der Waals surface area (Å²) in [6.45, 7) is 2.89. The van der Waals surface area contributed by atoms with E-state index in [0.29, 0.717) is 17.7 Å². The molecule has 1 N–H and O–H groups in total. The van der Waals surface area contributed by atoms with Gasteiger partial charge >= 0.3 is 0 Å². The van der Waals surface area contributed by atoms with Crippen LogP contribution in [0.3, 0.4) is 0 Å². The van der Waals surface area contributed by atoms with Gasteiger partial charge in [0.1, 0.15) is 0 Å². The van der Waals surface area contributed by atoms with E-state index in [1.165, 1.54) is 12.0 Å². The van der Waals surface area contributed by atoms with Gasteiger partial charge in [-0.05, 0) is 62.4 Å². The third-order valence-electron chi connectivity index (χ3n) is 4.71. The van der Waals surface area contributed by atoms with E-state index in [0.717, 1.165) is 36.9 Å². The standard InChI is InChI=1S/C17H23BrN2O/c1-19-10-12-4-3-7-20(11-12)17(21)16-9-15(16)13-5-2-6-14(18)8-13/h2,5-6,8,12,15-16,19H,3-4,7,9-11H2,1H3. The molecule has 1 heterocycles. The lowest BCUT2D eigenvalue weighted by Crippen LogP contribution is -2.43. The lowest BCUT2D eigenvalue weighted by atomic mass is 9.97. The van der Waals surface area contributed by atoms with E-state index in [1.807, 2.05) is 13.1 Å². The summed E-state index contributed by atoms with van der Waals surface area (Å²) in [6.07, 6.45) is 3.40. The summed E-state index contributed by atoms with van der Waals surface area (Å²) >= 11 is 3.51. The third-order valence-corrected chi connectivity index (χ3v) is 5.20. The van der Waals surface area contributed by atoms with Crippen LogP contribution in [0.2, 0.25) is 0 Å². The minimum atomic E-state index is 0.215. The summed E-state index contributed by atoms with van der Waals surface area (Å²) in [7, 11) is 1.99. The molecule has 0 aromatic heterocycles. The Morgan fingerprint density at radius 3 is 3.10 bits per heavy atom. The van der Waals surface area contributed by atoms with E-state index in [1.54, 1.807) is 0 Å². The first kappa shape index (κ1) is 15.0. The van der Waals surface area contributed by atoms with Crippen molar-refractivity contribution in [1.29, 1.82) is 0 Å². The molecule has 3 rings (SSSR count). The van der Waals surface area contributed by atoms with Gasteiger partial charge in [0.05, 0.1) is 0 Å². The molecule has 21 heavy (non-hydrogen) atoms. The fraction of sp³-hybridized carbons (Fsp3) is 0.588. The largest absolute Gasteiger partial charge is 0.342 e. The highest BCUT2D eigenvalue weighted by Crippen LogP contribution is 2.49. The molecule has 1 amide bonds. The Labute approximate surface area is 135 Å². The lowest BCUT2D eigenvalue weighted by Gasteiger charge is -2.33. The van der Waals surface area contributed by atoms with Crippen molar-refractivity contribution < 1.29 is 4.79 Å². The van der Waals surface area contributed by atoms with Gasteiger partial charge in [0, 0.05) is 23.5 Å². The summed E-state index contributed by atoms with van der Waals surface area (Å²) in [5.41, 5.74) is 1.30. The number of carbonyl (C=O) groups excluding carboxylic acids is 1. The number of halogens is 1. The molecule has 3 nitrogen and oxygen atoms in total. The van der Waals surface area contributed by atoms with Crippen molar-refractivity contribution in [3.63, 3.8) is 0 Å². The molecule has 0 bridgehead atoms. The summed E-state index contributed by atoms with van der Waals surface area (Å²) in [6, 6.07) is 8.39. The molecule has 1 aromatic rings. The molecule has 3 atom stereocenters. The van der Waals surface area contributed by atoms with Gasteiger partial charge in [0.15, 0.2) is 0 Å². The van der Waals surface area contributed by atoms with E-state index < -0.39 is 0 Å². The van der Waals surface area contributed by atoms with E-state index in [4.69, 9.17) is 0 Å². The van der Waals surface area contributed by atoms with Crippen LogP contribution in [0.25, 0.3) is 0 Å². The predicted molar refractivity (Wildman–Crippen MR) is 88.2 cm³/mol. The van der Waals surface area contributed by atoms with Crippen molar-refractivity contribution in [2.45, 2.75) is 25.2 Å². The molecule has 1 aliphatic carbocycles. The van der Waals surface area contributed by atoms with Crippen molar-refractivity contribution in [3.05, 3.63) is 34.3 Å². The molecular weight excluding hydrogens is 328 g/mol. The van der Waals surface area contributed by atoms with Crippen LogP contribution < -0.4 is 5.32 Å².